The fourth-order valence-electron chi connectivity index (χ4n) is 4.55. The van der Waals surface area contributed by atoms with Crippen molar-refractivity contribution in [2.24, 2.45) is 5.92 Å². The maximum Gasteiger partial charge on any atom is 0.239 e. The van der Waals surface area contributed by atoms with Crippen LogP contribution < -0.4 is 5.32 Å². The first-order valence-corrected chi connectivity index (χ1v) is 11.5. The molecule has 1 aliphatic heterocycles. The van der Waals surface area contributed by atoms with Gasteiger partial charge in [-0.2, -0.15) is 5.10 Å². The quantitative estimate of drug-likeness (QED) is 0.774. The lowest BCUT2D eigenvalue weighted by atomic mass is 10.0. The zero-order valence-corrected chi connectivity index (χ0v) is 18.6. The Balaban J connectivity index is 1.41. The second kappa shape index (κ2) is 9.64. The number of benzene rings is 1. The van der Waals surface area contributed by atoms with Crippen LogP contribution >= 0.6 is 0 Å². The number of amides is 2. The molecule has 166 valence electrons. The summed E-state index contributed by atoms with van der Waals surface area (Å²) in [4.78, 5) is 29.0. The summed E-state index contributed by atoms with van der Waals surface area (Å²) in [5.74, 6) is 1.37. The molecule has 0 bridgehead atoms. The van der Waals surface area contributed by atoms with Gasteiger partial charge in [-0.15, -0.1) is 0 Å². The first kappa shape index (κ1) is 21.6. The Hall–Kier alpha value is -2.67. The molecule has 4 rings (SSSR count). The van der Waals surface area contributed by atoms with Gasteiger partial charge in [-0.1, -0.05) is 44.9 Å². The van der Waals surface area contributed by atoms with Crippen LogP contribution in [0, 0.1) is 5.92 Å². The largest absolute Gasteiger partial charge is 0.340 e. The average Bonchev–Trinajstić information content (AvgIpc) is 3.44. The summed E-state index contributed by atoms with van der Waals surface area (Å²) in [6.07, 6.45) is 4.82. The number of hydrogen-bond acceptors (Lipinski definition) is 4. The van der Waals surface area contributed by atoms with Crippen LogP contribution in [0.5, 0.6) is 0 Å². The average molecular weight is 424 g/mol. The van der Waals surface area contributed by atoms with Gasteiger partial charge in [0.2, 0.25) is 11.8 Å². The van der Waals surface area contributed by atoms with Gasteiger partial charge < -0.3 is 10.2 Å². The highest BCUT2D eigenvalue weighted by molar-refractivity contribution is 5.91. The van der Waals surface area contributed by atoms with Crippen molar-refractivity contribution in [1.82, 2.24) is 19.6 Å². The van der Waals surface area contributed by atoms with Gasteiger partial charge >= 0.3 is 0 Å². The molecule has 2 aromatic rings. The van der Waals surface area contributed by atoms with E-state index in [9.17, 15) is 9.59 Å². The van der Waals surface area contributed by atoms with Gasteiger partial charge in [-0.3, -0.25) is 14.5 Å². The molecule has 7 nitrogen and oxygen atoms in total. The number of carbonyl (C=O) groups is 2. The van der Waals surface area contributed by atoms with Gasteiger partial charge in [0.15, 0.2) is 0 Å². The molecule has 31 heavy (non-hydrogen) atoms. The van der Waals surface area contributed by atoms with E-state index in [0.29, 0.717) is 25.6 Å². The van der Waals surface area contributed by atoms with Crippen molar-refractivity contribution in [1.29, 1.82) is 0 Å². The fraction of sp³-hybridized carbons (Fsp3) is 0.542. The third kappa shape index (κ3) is 5.15. The van der Waals surface area contributed by atoms with E-state index in [1.807, 2.05) is 59.8 Å². The summed E-state index contributed by atoms with van der Waals surface area (Å²) in [6.45, 7) is 6.97. The lowest BCUT2D eigenvalue weighted by Gasteiger charge is -2.35. The zero-order valence-electron chi connectivity index (χ0n) is 18.6. The van der Waals surface area contributed by atoms with Gasteiger partial charge in [0.25, 0.3) is 0 Å². The Morgan fingerprint density at radius 1 is 1.06 bits per heavy atom. The fourth-order valence-corrected chi connectivity index (χ4v) is 4.55. The number of nitrogens with zero attached hydrogens (tertiary/aromatic N) is 4. The van der Waals surface area contributed by atoms with E-state index in [1.54, 1.807) is 0 Å². The van der Waals surface area contributed by atoms with E-state index in [-0.39, 0.29) is 17.7 Å². The number of para-hydroxylation sites is 1. The molecular weight excluding hydrogens is 390 g/mol. The van der Waals surface area contributed by atoms with Crippen molar-refractivity contribution in [2.45, 2.75) is 45.4 Å². The van der Waals surface area contributed by atoms with Crippen molar-refractivity contribution in [2.75, 3.05) is 38.0 Å². The molecule has 7 heteroatoms. The summed E-state index contributed by atoms with van der Waals surface area (Å²) in [6, 6.07) is 12.0. The van der Waals surface area contributed by atoms with Crippen LogP contribution in [0.4, 0.5) is 5.82 Å². The first-order valence-electron chi connectivity index (χ1n) is 11.5. The zero-order chi connectivity index (χ0) is 21.8. The van der Waals surface area contributed by atoms with E-state index in [1.165, 1.54) is 25.7 Å². The number of carbonyl (C=O) groups excluding carboxylic acids is 2. The lowest BCUT2D eigenvalue weighted by Crippen LogP contribution is -2.51. The lowest BCUT2D eigenvalue weighted by molar-refractivity contribution is -0.136. The Morgan fingerprint density at radius 2 is 1.74 bits per heavy atom. The molecule has 0 atom stereocenters. The molecule has 1 saturated heterocycles. The van der Waals surface area contributed by atoms with Crippen LogP contribution in [0.2, 0.25) is 0 Å². The van der Waals surface area contributed by atoms with Gasteiger partial charge in [0.05, 0.1) is 17.9 Å². The molecule has 1 N–H and O–H groups in total. The van der Waals surface area contributed by atoms with E-state index in [0.717, 1.165) is 30.3 Å². The van der Waals surface area contributed by atoms with Gasteiger partial charge in [-0.05, 0) is 25.0 Å². The van der Waals surface area contributed by atoms with Crippen molar-refractivity contribution in [3.8, 4) is 5.69 Å². The van der Waals surface area contributed by atoms with Gasteiger partial charge in [-0.25, -0.2) is 4.68 Å². The monoisotopic (exact) mass is 423 g/mol. The molecule has 0 unspecified atom stereocenters. The highest BCUT2D eigenvalue weighted by Gasteiger charge is 2.25. The van der Waals surface area contributed by atoms with Crippen LogP contribution in [0.25, 0.3) is 5.69 Å². The predicted octanol–water partition coefficient (Wildman–Crippen LogP) is 3.27. The summed E-state index contributed by atoms with van der Waals surface area (Å²) >= 11 is 0. The Labute approximate surface area is 184 Å². The Morgan fingerprint density at radius 3 is 2.39 bits per heavy atom. The number of rotatable bonds is 6. The van der Waals surface area contributed by atoms with Gasteiger partial charge in [0.1, 0.15) is 5.82 Å². The molecule has 0 spiro atoms. The second-order valence-corrected chi connectivity index (χ2v) is 8.99. The van der Waals surface area contributed by atoms with Crippen molar-refractivity contribution in [3.05, 3.63) is 42.1 Å². The maximum atomic E-state index is 12.8. The van der Waals surface area contributed by atoms with E-state index in [2.05, 4.69) is 10.2 Å². The third-order valence-corrected chi connectivity index (χ3v) is 6.32. The molecule has 2 amide bonds. The molecule has 1 aromatic carbocycles. The number of piperazine rings is 1. The van der Waals surface area contributed by atoms with E-state index in [4.69, 9.17) is 5.10 Å². The maximum absolute atomic E-state index is 12.8. The summed E-state index contributed by atoms with van der Waals surface area (Å²) in [5.41, 5.74) is 2.01. The minimum Gasteiger partial charge on any atom is -0.340 e. The molecule has 2 fully saturated rings. The third-order valence-electron chi connectivity index (χ3n) is 6.32. The molecular formula is C24H33N5O2. The second-order valence-electron chi connectivity index (χ2n) is 8.99. The minimum atomic E-state index is -0.0429. The SMILES string of the molecule is CC(C)C(=O)N1CCN(CC(=O)Nc2cc(C3CCCC3)nn2-c2ccccc2)CC1. The summed E-state index contributed by atoms with van der Waals surface area (Å²) in [7, 11) is 0. The summed E-state index contributed by atoms with van der Waals surface area (Å²) in [5, 5.41) is 7.94. The molecule has 2 heterocycles. The van der Waals surface area contributed by atoms with E-state index < -0.39 is 0 Å². The molecule has 1 aliphatic carbocycles. The molecule has 1 aromatic heterocycles. The number of nitrogens with one attached hydrogen (secondary N) is 1. The van der Waals surface area contributed by atoms with Crippen molar-refractivity contribution in [3.63, 3.8) is 0 Å². The Bertz CT molecular complexity index is 894. The molecule has 0 radical (unpaired) electrons. The summed E-state index contributed by atoms with van der Waals surface area (Å²) < 4.78 is 1.85. The van der Waals surface area contributed by atoms with Gasteiger partial charge in [0, 0.05) is 44.1 Å². The van der Waals surface area contributed by atoms with Crippen LogP contribution in [-0.4, -0.2) is 64.1 Å². The standard InChI is InChI=1S/C24H33N5O2/c1-18(2)24(31)28-14-12-27(13-15-28)17-23(30)25-22-16-21(19-8-6-7-9-19)26-29(22)20-10-4-3-5-11-20/h3-5,10-11,16,18-19H,6-9,12-15,17H2,1-2H3,(H,25,30). The number of aromatic nitrogens is 2. The Kier molecular flexibility index (Phi) is 6.70. The van der Waals surface area contributed by atoms with E-state index >= 15 is 0 Å². The normalized spacial score (nSPS) is 18.0. The van der Waals surface area contributed by atoms with Crippen LogP contribution in [0.3, 0.4) is 0 Å². The molecule has 2 aliphatic rings. The molecule has 1 saturated carbocycles. The van der Waals surface area contributed by atoms with Crippen molar-refractivity contribution < 1.29 is 9.59 Å². The number of anilines is 1. The number of hydrogen-bond donors (Lipinski definition) is 1. The first-order chi connectivity index (χ1) is 15.0. The van der Waals surface area contributed by atoms with Crippen LogP contribution in [0.15, 0.2) is 36.4 Å². The van der Waals surface area contributed by atoms with Crippen molar-refractivity contribution >= 4 is 17.6 Å². The van der Waals surface area contributed by atoms with Crippen LogP contribution in [-0.2, 0) is 9.59 Å². The highest BCUT2D eigenvalue weighted by Crippen LogP contribution is 2.35. The topological polar surface area (TPSA) is 70.5 Å². The minimum absolute atomic E-state index is 0.0159. The predicted molar refractivity (Wildman–Crippen MR) is 121 cm³/mol. The smallest absolute Gasteiger partial charge is 0.239 e. The highest BCUT2D eigenvalue weighted by atomic mass is 16.2. The van der Waals surface area contributed by atoms with Crippen LogP contribution in [0.1, 0.15) is 51.1 Å².